The smallest absolute Gasteiger partial charge is 0.303 e. The molecule has 1 aliphatic rings. The van der Waals surface area contributed by atoms with Crippen molar-refractivity contribution in [1.82, 2.24) is 10.2 Å². The van der Waals surface area contributed by atoms with Gasteiger partial charge < -0.3 is 10.4 Å². The third kappa shape index (κ3) is 6.03. The molecule has 2 N–H and O–H groups in total. The molecule has 28 heavy (non-hydrogen) atoms. The first-order valence-electron chi connectivity index (χ1n) is 8.79. The van der Waals surface area contributed by atoms with E-state index in [2.05, 4.69) is 5.32 Å². The van der Waals surface area contributed by atoms with Crippen molar-refractivity contribution in [2.24, 2.45) is 0 Å². The summed E-state index contributed by atoms with van der Waals surface area (Å²) in [4.78, 5) is 37.3. The first kappa shape index (κ1) is 21.8. The summed E-state index contributed by atoms with van der Waals surface area (Å²) in [6.07, 6.45) is 4.04. The Labute approximate surface area is 173 Å². The van der Waals surface area contributed by atoms with Gasteiger partial charge in [-0.15, -0.1) is 0 Å². The molecule has 0 radical (unpaired) electrons. The van der Waals surface area contributed by atoms with Crippen LogP contribution in [0.25, 0.3) is 6.08 Å². The molecule has 1 unspecified atom stereocenters. The number of hydrogen-bond acceptors (Lipinski definition) is 5. The number of carbonyl (C=O) groups is 3. The molecule has 1 heterocycles. The van der Waals surface area contributed by atoms with Crippen LogP contribution in [0.3, 0.4) is 0 Å². The van der Waals surface area contributed by atoms with E-state index in [9.17, 15) is 14.4 Å². The van der Waals surface area contributed by atoms with Crippen molar-refractivity contribution in [3.63, 3.8) is 0 Å². The van der Waals surface area contributed by atoms with Crippen molar-refractivity contribution in [2.75, 3.05) is 6.54 Å². The minimum atomic E-state index is -0.914. The van der Waals surface area contributed by atoms with Crippen LogP contribution in [0.5, 0.6) is 0 Å². The minimum absolute atomic E-state index is 0.0223. The van der Waals surface area contributed by atoms with Gasteiger partial charge in [-0.25, -0.2) is 0 Å². The highest BCUT2D eigenvalue weighted by Crippen LogP contribution is 2.33. The molecule has 1 saturated heterocycles. The van der Waals surface area contributed by atoms with Gasteiger partial charge in [0, 0.05) is 13.0 Å². The zero-order chi connectivity index (χ0) is 20.7. The van der Waals surface area contributed by atoms with Crippen LogP contribution < -0.4 is 5.32 Å². The number of carboxylic acids is 1. The standard InChI is InChI=1S/C20H22N2O4S2/c1-13(11-15-7-4-3-5-8-15)12-16-19(26)22(20(27)28-16)14(2)18(25)21-10-6-9-17(23)24/h3-5,7-8,11-12,14H,6,9-10H2,1-2H3,(H,21,25)(H,23,24)/b13-11+,16-12-. The molecule has 8 heteroatoms. The maximum Gasteiger partial charge on any atom is 0.303 e. The number of amides is 2. The average molecular weight is 419 g/mol. The van der Waals surface area contributed by atoms with E-state index in [1.54, 1.807) is 13.0 Å². The van der Waals surface area contributed by atoms with Gasteiger partial charge in [-0.05, 0) is 37.5 Å². The quantitative estimate of drug-likeness (QED) is 0.383. The van der Waals surface area contributed by atoms with Gasteiger partial charge in [0.2, 0.25) is 5.91 Å². The van der Waals surface area contributed by atoms with Crippen molar-refractivity contribution in [2.45, 2.75) is 32.7 Å². The summed E-state index contributed by atoms with van der Waals surface area (Å²) < 4.78 is 0.331. The zero-order valence-corrected chi connectivity index (χ0v) is 17.3. The highest BCUT2D eigenvalue weighted by molar-refractivity contribution is 8.26. The van der Waals surface area contributed by atoms with Gasteiger partial charge in [0.15, 0.2) is 0 Å². The van der Waals surface area contributed by atoms with Crippen molar-refractivity contribution in [3.05, 3.63) is 52.4 Å². The molecule has 1 aliphatic heterocycles. The number of aliphatic carboxylic acids is 1. The van der Waals surface area contributed by atoms with Crippen LogP contribution in [-0.4, -0.2) is 44.7 Å². The fourth-order valence-electron chi connectivity index (χ4n) is 2.59. The Bertz CT molecular complexity index is 834. The van der Waals surface area contributed by atoms with Crippen LogP contribution in [-0.2, 0) is 14.4 Å². The first-order valence-corrected chi connectivity index (χ1v) is 10.0. The summed E-state index contributed by atoms with van der Waals surface area (Å²) in [6, 6.07) is 9.00. The summed E-state index contributed by atoms with van der Waals surface area (Å²) in [6.45, 7) is 3.74. The Kier molecular flexibility index (Phi) is 7.95. The van der Waals surface area contributed by atoms with Crippen LogP contribution >= 0.6 is 24.0 Å². The molecule has 1 atom stereocenters. The van der Waals surface area contributed by atoms with Crippen molar-refractivity contribution < 1.29 is 19.5 Å². The number of nitrogens with zero attached hydrogens (tertiary/aromatic N) is 1. The molecule has 0 aromatic heterocycles. The lowest BCUT2D eigenvalue weighted by Crippen LogP contribution is -2.47. The monoisotopic (exact) mass is 418 g/mol. The first-order chi connectivity index (χ1) is 13.3. The number of carbonyl (C=O) groups excluding carboxylic acids is 2. The lowest BCUT2D eigenvalue weighted by molar-refractivity contribution is -0.137. The number of nitrogens with one attached hydrogen (secondary N) is 1. The van der Waals surface area contributed by atoms with Crippen molar-refractivity contribution in [1.29, 1.82) is 0 Å². The molecule has 0 aliphatic carbocycles. The van der Waals surface area contributed by atoms with Gasteiger partial charge >= 0.3 is 5.97 Å². The Morgan fingerprint density at radius 2 is 2.00 bits per heavy atom. The summed E-state index contributed by atoms with van der Waals surface area (Å²) in [5, 5.41) is 11.3. The van der Waals surface area contributed by atoms with Crippen LogP contribution in [0, 0.1) is 0 Å². The lowest BCUT2D eigenvalue weighted by Gasteiger charge is -2.22. The van der Waals surface area contributed by atoms with Crippen molar-refractivity contribution >= 4 is 52.2 Å². The number of benzene rings is 1. The second-order valence-electron chi connectivity index (χ2n) is 6.32. The predicted octanol–water partition coefficient (Wildman–Crippen LogP) is 3.20. The Morgan fingerprint density at radius 3 is 2.64 bits per heavy atom. The molecule has 0 saturated carbocycles. The van der Waals surface area contributed by atoms with Crippen LogP contribution in [0.2, 0.25) is 0 Å². The Morgan fingerprint density at radius 1 is 1.32 bits per heavy atom. The molecule has 1 aromatic carbocycles. The predicted molar refractivity (Wildman–Crippen MR) is 115 cm³/mol. The SMILES string of the molecule is CC(/C=C1\SC(=S)N(C(C)C(=O)NCCCC(=O)O)C1=O)=C\c1ccccc1. The number of thioether (sulfide) groups is 1. The van der Waals surface area contributed by atoms with E-state index in [1.165, 1.54) is 16.7 Å². The van der Waals surface area contributed by atoms with Gasteiger partial charge in [-0.2, -0.15) is 0 Å². The maximum absolute atomic E-state index is 12.7. The third-order valence-electron chi connectivity index (χ3n) is 4.01. The highest BCUT2D eigenvalue weighted by atomic mass is 32.2. The van der Waals surface area contributed by atoms with E-state index in [1.807, 2.05) is 43.3 Å². The molecule has 2 rings (SSSR count). The van der Waals surface area contributed by atoms with Gasteiger partial charge in [0.1, 0.15) is 10.4 Å². The van der Waals surface area contributed by atoms with E-state index in [0.717, 1.165) is 11.1 Å². The van der Waals surface area contributed by atoms with Gasteiger partial charge in [0.25, 0.3) is 5.91 Å². The van der Waals surface area contributed by atoms with E-state index < -0.39 is 12.0 Å². The summed E-state index contributed by atoms with van der Waals surface area (Å²) in [5.74, 6) is -1.58. The minimum Gasteiger partial charge on any atom is -0.481 e. The molecule has 148 valence electrons. The fourth-order valence-corrected chi connectivity index (χ4v) is 4.06. The van der Waals surface area contributed by atoms with E-state index in [4.69, 9.17) is 17.3 Å². The summed E-state index contributed by atoms with van der Waals surface area (Å²) in [5.41, 5.74) is 1.93. The largest absolute Gasteiger partial charge is 0.481 e. The Balaban J connectivity index is 2.03. The fraction of sp³-hybridized carbons (Fsp3) is 0.300. The van der Waals surface area contributed by atoms with Crippen LogP contribution in [0.15, 0.2) is 46.9 Å². The average Bonchev–Trinajstić information content (AvgIpc) is 2.91. The summed E-state index contributed by atoms with van der Waals surface area (Å²) in [7, 11) is 0. The molecule has 0 bridgehead atoms. The van der Waals surface area contributed by atoms with Gasteiger partial charge in [-0.1, -0.05) is 60.4 Å². The van der Waals surface area contributed by atoms with E-state index in [0.29, 0.717) is 15.6 Å². The number of hydrogen-bond donors (Lipinski definition) is 2. The molecule has 1 fully saturated rings. The topological polar surface area (TPSA) is 86.7 Å². The van der Waals surface area contributed by atoms with Crippen LogP contribution in [0.4, 0.5) is 0 Å². The molecule has 1 aromatic rings. The second kappa shape index (κ2) is 10.2. The maximum atomic E-state index is 12.7. The number of carboxylic acid groups (broad SMARTS) is 1. The second-order valence-corrected chi connectivity index (χ2v) is 7.99. The number of allylic oxidation sites excluding steroid dienone is 2. The Hall–Kier alpha value is -2.45. The molecular weight excluding hydrogens is 396 g/mol. The molecule has 2 amide bonds. The zero-order valence-electron chi connectivity index (χ0n) is 15.7. The highest BCUT2D eigenvalue weighted by Gasteiger charge is 2.38. The number of thiocarbonyl (C=S) groups is 1. The van der Waals surface area contributed by atoms with E-state index >= 15 is 0 Å². The van der Waals surface area contributed by atoms with E-state index in [-0.39, 0.29) is 24.8 Å². The lowest BCUT2D eigenvalue weighted by atomic mass is 10.1. The molecule has 0 spiro atoms. The van der Waals surface area contributed by atoms with Crippen molar-refractivity contribution in [3.8, 4) is 0 Å². The normalized spacial score (nSPS) is 17.1. The van der Waals surface area contributed by atoms with Gasteiger partial charge in [0.05, 0.1) is 4.91 Å². The van der Waals surface area contributed by atoms with Gasteiger partial charge in [-0.3, -0.25) is 19.3 Å². The molecule has 6 nitrogen and oxygen atoms in total. The van der Waals surface area contributed by atoms with Crippen LogP contribution in [0.1, 0.15) is 32.3 Å². The number of rotatable bonds is 8. The molecular formula is C20H22N2O4S2. The third-order valence-corrected chi connectivity index (χ3v) is 5.34. The summed E-state index contributed by atoms with van der Waals surface area (Å²) >= 11 is 6.46.